The lowest BCUT2D eigenvalue weighted by atomic mass is 10.0. The molecule has 0 amide bonds. The highest BCUT2D eigenvalue weighted by atomic mass is 16.5. The van der Waals surface area contributed by atoms with E-state index in [9.17, 15) is 14.7 Å². The molecule has 0 aliphatic carbocycles. The summed E-state index contributed by atoms with van der Waals surface area (Å²) >= 11 is 0. The normalized spacial score (nSPS) is 11.0. The molecular weight excluding hydrogens is 280 g/mol. The zero-order valence-electron chi connectivity index (χ0n) is 12.2. The van der Waals surface area contributed by atoms with Gasteiger partial charge in [0.2, 0.25) is 0 Å². The second-order valence-corrected chi connectivity index (χ2v) is 4.72. The minimum atomic E-state index is -1.10. The first-order valence-corrected chi connectivity index (χ1v) is 6.76. The smallest absolute Gasteiger partial charge is 0.332 e. The molecule has 0 fully saturated rings. The molecule has 112 valence electrons. The number of ether oxygens (including phenoxy) is 1. The molecule has 1 N–H and O–H groups in total. The largest absolute Gasteiger partial charge is 0.497 e. The van der Waals surface area contributed by atoms with E-state index >= 15 is 0 Å². The number of benzene rings is 2. The topological polar surface area (TPSA) is 63.6 Å². The molecule has 0 saturated carbocycles. The molecule has 0 aliphatic heterocycles. The second kappa shape index (κ2) is 7.22. The highest BCUT2D eigenvalue weighted by Gasteiger charge is 2.14. The van der Waals surface area contributed by atoms with E-state index in [2.05, 4.69) is 0 Å². The van der Waals surface area contributed by atoms with Crippen LogP contribution in [0, 0.1) is 0 Å². The summed E-state index contributed by atoms with van der Waals surface area (Å²) in [4.78, 5) is 23.5. The number of carboxylic acids is 1. The van der Waals surface area contributed by atoms with E-state index in [0.29, 0.717) is 16.9 Å². The monoisotopic (exact) mass is 296 g/mol. The van der Waals surface area contributed by atoms with Crippen molar-refractivity contribution in [1.29, 1.82) is 0 Å². The van der Waals surface area contributed by atoms with Crippen molar-refractivity contribution >= 4 is 17.8 Å². The fraction of sp³-hybridized carbons (Fsp3) is 0.111. The molecular formula is C18H16O4. The quantitative estimate of drug-likeness (QED) is 0.655. The van der Waals surface area contributed by atoms with Gasteiger partial charge in [-0.2, -0.15) is 0 Å². The summed E-state index contributed by atoms with van der Waals surface area (Å²) < 4.78 is 5.10. The molecule has 22 heavy (non-hydrogen) atoms. The average molecular weight is 296 g/mol. The zero-order valence-corrected chi connectivity index (χ0v) is 12.2. The zero-order chi connectivity index (χ0) is 15.9. The van der Waals surface area contributed by atoms with Crippen molar-refractivity contribution in [2.24, 2.45) is 0 Å². The summed E-state index contributed by atoms with van der Waals surface area (Å²) in [5.41, 5.74) is 1.22. The van der Waals surface area contributed by atoms with Gasteiger partial charge >= 0.3 is 5.97 Å². The van der Waals surface area contributed by atoms with Gasteiger partial charge in [-0.3, -0.25) is 4.79 Å². The number of ketones is 1. The number of rotatable bonds is 6. The average Bonchev–Trinajstić information content (AvgIpc) is 2.55. The lowest BCUT2D eigenvalue weighted by Gasteiger charge is -2.04. The third-order valence-corrected chi connectivity index (χ3v) is 3.16. The number of carbonyl (C=O) groups excluding carboxylic acids is 1. The molecule has 0 radical (unpaired) electrons. The fourth-order valence-corrected chi connectivity index (χ4v) is 2.02. The minimum Gasteiger partial charge on any atom is -0.497 e. The Balaban J connectivity index is 2.24. The van der Waals surface area contributed by atoms with Gasteiger partial charge in [0.25, 0.3) is 0 Å². The molecule has 4 nitrogen and oxygen atoms in total. The molecule has 0 saturated heterocycles. The Morgan fingerprint density at radius 1 is 1.09 bits per heavy atom. The van der Waals surface area contributed by atoms with Gasteiger partial charge in [0.05, 0.1) is 7.11 Å². The van der Waals surface area contributed by atoms with Crippen molar-refractivity contribution < 1.29 is 19.4 Å². The number of hydrogen-bond donors (Lipinski definition) is 1. The van der Waals surface area contributed by atoms with Gasteiger partial charge in [-0.15, -0.1) is 0 Å². The molecule has 4 heteroatoms. The third kappa shape index (κ3) is 4.06. The molecule has 0 heterocycles. The lowest BCUT2D eigenvalue weighted by molar-refractivity contribution is -0.132. The van der Waals surface area contributed by atoms with E-state index in [1.54, 1.807) is 61.7 Å². The van der Waals surface area contributed by atoms with Crippen LogP contribution in [0.25, 0.3) is 6.08 Å². The Morgan fingerprint density at radius 3 is 2.45 bits per heavy atom. The molecule has 2 aromatic rings. The first kappa shape index (κ1) is 15.5. The molecule has 0 unspecified atom stereocenters. The SMILES string of the molecule is COc1cccc(C=C(CC(=O)c2ccccc2)C(=O)O)c1. The van der Waals surface area contributed by atoms with Gasteiger partial charge in [0.15, 0.2) is 5.78 Å². The van der Waals surface area contributed by atoms with Crippen molar-refractivity contribution in [3.8, 4) is 5.75 Å². The molecule has 0 aliphatic rings. The number of aliphatic carboxylic acids is 1. The summed E-state index contributed by atoms with van der Waals surface area (Å²) in [6.45, 7) is 0. The summed E-state index contributed by atoms with van der Waals surface area (Å²) in [7, 11) is 1.54. The van der Waals surface area contributed by atoms with Crippen molar-refractivity contribution in [2.45, 2.75) is 6.42 Å². The standard InChI is InChI=1S/C18H16O4/c1-22-16-9-5-6-13(11-16)10-15(18(20)21)12-17(19)14-7-3-2-4-8-14/h2-11H,12H2,1H3,(H,20,21). The Morgan fingerprint density at radius 2 is 1.82 bits per heavy atom. The van der Waals surface area contributed by atoms with Gasteiger partial charge in [-0.1, -0.05) is 42.5 Å². The third-order valence-electron chi connectivity index (χ3n) is 3.16. The van der Waals surface area contributed by atoms with E-state index in [4.69, 9.17) is 4.74 Å². The van der Waals surface area contributed by atoms with Gasteiger partial charge in [0.1, 0.15) is 5.75 Å². The Hall–Kier alpha value is -2.88. The van der Waals surface area contributed by atoms with Crippen molar-refractivity contribution in [1.82, 2.24) is 0 Å². The van der Waals surface area contributed by atoms with Gasteiger partial charge in [-0.05, 0) is 23.8 Å². The Kier molecular flexibility index (Phi) is 5.09. The van der Waals surface area contributed by atoms with E-state index in [1.165, 1.54) is 6.08 Å². The molecule has 0 spiro atoms. The molecule has 0 aromatic heterocycles. The number of methoxy groups -OCH3 is 1. The summed E-state index contributed by atoms with van der Waals surface area (Å²) in [5.74, 6) is -0.697. The van der Waals surface area contributed by atoms with Crippen LogP contribution in [0.4, 0.5) is 0 Å². The first-order chi connectivity index (χ1) is 10.6. The number of hydrogen-bond acceptors (Lipinski definition) is 3. The number of Topliss-reactive ketones (excluding diaryl/α,β-unsaturated/α-hetero) is 1. The molecule has 2 rings (SSSR count). The molecule has 2 aromatic carbocycles. The van der Waals surface area contributed by atoms with Crippen LogP contribution in [0.2, 0.25) is 0 Å². The summed E-state index contributed by atoms with van der Waals surface area (Å²) in [6.07, 6.45) is 1.34. The van der Waals surface area contributed by atoms with E-state index in [1.807, 2.05) is 0 Å². The predicted molar refractivity (Wildman–Crippen MR) is 84.0 cm³/mol. The summed E-state index contributed by atoms with van der Waals surface area (Å²) in [6, 6.07) is 15.7. The van der Waals surface area contributed by atoms with Gasteiger partial charge in [0, 0.05) is 17.6 Å². The van der Waals surface area contributed by atoms with Crippen LogP contribution < -0.4 is 4.74 Å². The molecule has 0 atom stereocenters. The van der Waals surface area contributed by atoms with E-state index in [0.717, 1.165) is 0 Å². The Labute approximate surface area is 128 Å². The predicted octanol–water partition coefficient (Wildman–Crippen LogP) is 3.44. The van der Waals surface area contributed by atoms with Crippen LogP contribution in [0.15, 0.2) is 60.2 Å². The van der Waals surface area contributed by atoms with Crippen molar-refractivity contribution in [3.05, 3.63) is 71.3 Å². The number of carbonyl (C=O) groups is 2. The highest BCUT2D eigenvalue weighted by Crippen LogP contribution is 2.18. The lowest BCUT2D eigenvalue weighted by Crippen LogP contribution is -2.08. The van der Waals surface area contributed by atoms with Crippen LogP contribution in [0.5, 0.6) is 5.75 Å². The minimum absolute atomic E-state index is 0.0436. The van der Waals surface area contributed by atoms with Crippen LogP contribution in [-0.2, 0) is 4.79 Å². The Bertz CT molecular complexity index is 702. The highest BCUT2D eigenvalue weighted by molar-refractivity contribution is 6.05. The fourth-order valence-electron chi connectivity index (χ4n) is 2.02. The van der Waals surface area contributed by atoms with Crippen molar-refractivity contribution in [3.63, 3.8) is 0 Å². The maximum Gasteiger partial charge on any atom is 0.332 e. The van der Waals surface area contributed by atoms with Crippen LogP contribution in [0.1, 0.15) is 22.3 Å². The molecule has 0 bridgehead atoms. The van der Waals surface area contributed by atoms with Crippen LogP contribution in [-0.4, -0.2) is 24.0 Å². The summed E-state index contributed by atoms with van der Waals surface area (Å²) in [5, 5.41) is 9.31. The van der Waals surface area contributed by atoms with E-state index < -0.39 is 5.97 Å². The maximum absolute atomic E-state index is 12.1. The first-order valence-electron chi connectivity index (χ1n) is 6.76. The van der Waals surface area contributed by atoms with Gasteiger partial charge < -0.3 is 9.84 Å². The maximum atomic E-state index is 12.1. The van der Waals surface area contributed by atoms with Gasteiger partial charge in [-0.25, -0.2) is 4.79 Å². The van der Waals surface area contributed by atoms with Crippen LogP contribution in [0.3, 0.4) is 0 Å². The van der Waals surface area contributed by atoms with E-state index in [-0.39, 0.29) is 17.8 Å². The number of carboxylic acid groups (broad SMARTS) is 1. The second-order valence-electron chi connectivity index (χ2n) is 4.72. The van der Waals surface area contributed by atoms with Crippen molar-refractivity contribution in [2.75, 3.05) is 7.11 Å². The van der Waals surface area contributed by atoms with Crippen LogP contribution >= 0.6 is 0 Å².